The maximum Gasteiger partial charge on any atom is 0.452 e. The van der Waals surface area contributed by atoms with Gasteiger partial charge in [-0.2, -0.15) is 13.2 Å². The molecule has 1 aliphatic heterocycles. The van der Waals surface area contributed by atoms with Crippen molar-refractivity contribution in [3.63, 3.8) is 0 Å². The molecule has 1 aromatic heterocycles. The van der Waals surface area contributed by atoms with Crippen LogP contribution in [0, 0.1) is 5.92 Å². The van der Waals surface area contributed by atoms with Crippen molar-refractivity contribution >= 4 is 11.8 Å². The largest absolute Gasteiger partial charge is 0.452 e. The van der Waals surface area contributed by atoms with Crippen molar-refractivity contribution in [2.75, 3.05) is 13.6 Å². The molecule has 1 fully saturated rings. The smallest absolute Gasteiger partial charge is 0.351 e. The molecule has 9 heteroatoms. The highest BCUT2D eigenvalue weighted by Gasteiger charge is 2.40. The van der Waals surface area contributed by atoms with Crippen LogP contribution in [-0.2, 0) is 21.3 Å². The van der Waals surface area contributed by atoms with Crippen LogP contribution in [0.2, 0.25) is 0 Å². The van der Waals surface area contributed by atoms with Gasteiger partial charge in [-0.15, -0.1) is 0 Å². The second-order valence-electron chi connectivity index (χ2n) is 5.86. The molecule has 1 unspecified atom stereocenters. The summed E-state index contributed by atoms with van der Waals surface area (Å²) >= 11 is 0. The zero-order valence-corrected chi connectivity index (χ0v) is 12.3. The van der Waals surface area contributed by atoms with Gasteiger partial charge in [-0.25, -0.2) is 0 Å². The summed E-state index contributed by atoms with van der Waals surface area (Å²) < 4.78 is 41.8. The molecule has 1 N–H and O–H groups in total. The average molecular weight is 319 g/mol. The number of hydrogen-bond donors (Lipinski definition) is 1. The van der Waals surface area contributed by atoms with E-state index >= 15 is 0 Å². The maximum absolute atomic E-state index is 12.5. The Morgan fingerprint density at radius 1 is 1.45 bits per heavy atom. The number of nitrogens with one attached hydrogen (secondary N) is 1. The number of halogens is 3. The molecule has 1 aromatic rings. The number of carbonyl (C=O) groups excluding carboxylic acids is 2. The van der Waals surface area contributed by atoms with Crippen LogP contribution in [0.25, 0.3) is 0 Å². The molecule has 1 aliphatic rings. The number of alkyl halides is 3. The monoisotopic (exact) mass is 319 g/mol. The van der Waals surface area contributed by atoms with E-state index in [9.17, 15) is 22.8 Å². The number of amides is 2. The standard InChI is InChI=1S/C13H16F3N3O3/c1-12(2,8-5-9(22-18-8)13(14,15)16)17-11(21)7-4-10(20)19(3)6-7/h5,7H,4,6H2,1-3H3,(H,17,21). The third kappa shape index (κ3) is 3.23. The molecule has 0 saturated carbocycles. The van der Waals surface area contributed by atoms with Gasteiger partial charge in [-0.05, 0) is 13.8 Å². The van der Waals surface area contributed by atoms with Crippen LogP contribution in [0.5, 0.6) is 0 Å². The van der Waals surface area contributed by atoms with E-state index in [1.165, 1.54) is 18.7 Å². The predicted molar refractivity (Wildman–Crippen MR) is 68.4 cm³/mol. The van der Waals surface area contributed by atoms with Gasteiger partial charge in [0.05, 0.1) is 11.5 Å². The summed E-state index contributed by atoms with van der Waals surface area (Å²) in [5, 5.41) is 5.99. The average Bonchev–Trinajstić information content (AvgIpc) is 2.96. The van der Waals surface area contributed by atoms with Crippen LogP contribution < -0.4 is 5.32 Å². The highest BCUT2D eigenvalue weighted by atomic mass is 19.4. The van der Waals surface area contributed by atoms with Gasteiger partial charge >= 0.3 is 6.18 Å². The third-order valence-electron chi connectivity index (χ3n) is 3.58. The Bertz CT molecular complexity index is 595. The van der Waals surface area contributed by atoms with Crippen molar-refractivity contribution in [1.29, 1.82) is 0 Å². The molecule has 2 rings (SSSR count). The van der Waals surface area contributed by atoms with Gasteiger partial charge in [0, 0.05) is 26.1 Å². The van der Waals surface area contributed by atoms with E-state index in [1.54, 1.807) is 7.05 Å². The van der Waals surface area contributed by atoms with E-state index in [0.717, 1.165) is 6.07 Å². The second kappa shape index (κ2) is 5.29. The summed E-state index contributed by atoms with van der Waals surface area (Å²) in [4.78, 5) is 25.0. The zero-order chi connectivity index (χ0) is 16.7. The zero-order valence-electron chi connectivity index (χ0n) is 12.3. The van der Waals surface area contributed by atoms with E-state index in [2.05, 4.69) is 15.0 Å². The number of nitrogens with zero attached hydrogens (tertiary/aromatic N) is 2. The van der Waals surface area contributed by atoms with Gasteiger partial charge in [-0.3, -0.25) is 9.59 Å². The molecular weight excluding hydrogens is 303 g/mol. The molecule has 22 heavy (non-hydrogen) atoms. The summed E-state index contributed by atoms with van der Waals surface area (Å²) in [5.74, 6) is -2.29. The third-order valence-corrected chi connectivity index (χ3v) is 3.58. The predicted octanol–water partition coefficient (Wildman–Crippen LogP) is 1.52. The molecule has 6 nitrogen and oxygen atoms in total. The fourth-order valence-corrected chi connectivity index (χ4v) is 2.22. The number of carbonyl (C=O) groups is 2. The molecule has 0 radical (unpaired) electrons. The lowest BCUT2D eigenvalue weighted by atomic mass is 9.98. The van der Waals surface area contributed by atoms with Crippen molar-refractivity contribution in [1.82, 2.24) is 15.4 Å². The minimum atomic E-state index is -4.63. The minimum absolute atomic E-state index is 0.0362. The quantitative estimate of drug-likeness (QED) is 0.916. The number of rotatable bonds is 3. The second-order valence-corrected chi connectivity index (χ2v) is 5.86. The summed E-state index contributed by atoms with van der Waals surface area (Å²) in [5.41, 5.74) is -1.18. The first kappa shape index (κ1) is 16.3. The molecule has 0 spiro atoms. The lowest BCUT2D eigenvalue weighted by Crippen LogP contribution is -2.44. The van der Waals surface area contributed by atoms with E-state index in [-0.39, 0.29) is 24.6 Å². The molecule has 2 amide bonds. The molecule has 1 saturated heterocycles. The minimum Gasteiger partial charge on any atom is -0.351 e. The lowest BCUT2D eigenvalue weighted by molar-refractivity contribution is -0.155. The van der Waals surface area contributed by atoms with Crippen molar-refractivity contribution < 1.29 is 27.3 Å². The van der Waals surface area contributed by atoms with Crippen LogP contribution in [0.1, 0.15) is 31.7 Å². The Morgan fingerprint density at radius 2 is 2.09 bits per heavy atom. The van der Waals surface area contributed by atoms with Gasteiger partial charge in [0.25, 0.3) is 0 Å². The molecule has 0 bridgehead atoms. The first-order chi connectivity index (χ1) is 10.0. The van der Waals surface area contributed by atoms with Gasteiger partial charge in [0.2, 0.25) is 17.6 Å². The van der Waals surface area contributed by atoms with E-state index in [4.69, 9.17) is 0 Å². The Hall–Kier alpha value is -2.06. The number of hydrogen-bond acceptors (Lipinski definition) is 4. The maximum atomic E-state index is 12.5. The Morgan fingerprint density at radius 3 is 2.55 bits per heavy atom. The molecule has 0 aliphatic carbocycles. The molecule has 1 atom stereocenters. The van der Waals surface area contributed by atoms with Gasteiger partial charge in [0.1, 0.15) is 5.69 Å². The highest BCUT2D eigenvalue weighted by molar-refractivity contribution is 5.89. The van der Waals surface area contributed by atoms with Crippen LogP contribution in [-0.4, -0.2) is 35.5 Å². The van der Waals surface area contributed by atoms with Crippen molar-refractivity contribution in [2.24, 2.45) is 5.92 Å². The normalized spacial score (nSPS) is 19.6. The Kier molecular flexibility index (Phi) is 3.92. The SMILES string of the molecule is CN1CC(C(=O)NC(C)(C)c2cc(C(F)(F)F)on2)CC1=O. The lowest BCUT2D eigenvalue weighted by Gasteiger charge is -2.25. The molecule has 2 heterocycles. The van der Waals surface area contributed by atoms with E-state index in [1.807, 2.05) is 0 Å². The fourth-order valence-electron chi connectivity index (χ4n) is 2.22. The van der Waals surface area contributed by atoms with Crippen molar-refractivity contribution in [3.05, 3.63) is 17.5 Å². The Labute approximate surface area is 124 Å². The fraction of sp³-hybridized carbons (Fsp3) is 0.615. The highest BCUT2D eigenvalue weighted by Crippen LogP contribution is 2.32. The Balaban J connectivity index is 2.09. The van der Waals surface area contributed by atoms with Crippen LogP contribution in [0.4, 0.5) is 13.2 Å². The van der Waals surface area contributed by atoms with E-state index < -0.39 is 29.3 Å². The number of likely N-dealkylation sites (tertiary alicyclic amines) is 1. The number of aromatic nitrogens is 1. The summed E-state index contributed by atoms with van der Waals surface area (Å²) in [6.07, 6.45) is -4.54. The van der Waals surface area contributed by atoms with E-state index in [0.29, 0.717) is 0 Å². The van der Waals surface area contributed by atoms with Crippen molar-refractivity contribution in [3.8, 4) is 0 Å². The van der Waals surface area contributed by atoms with Gasteiger partial charge in [-0.1, -0.05) is 5.16 Å². The van der Waals surface area contributed by atoms with Crippen LogP contribution in [0.15, 0.2) is 10.6 Å². The van der Waals surface area contributed by atoms with Crippen LogP contribution in [0.3, 0.4) is 0 Å². The summed E-state index contributed by atoms with van der Waals surface area (Å²) in [6, 6.07) is 0.756. The summed E-state index contributed by atoms with van der Waals surface area (Å²) in [7, 11) is 1.59. The first-order valence-corrected chi connectivity index (χ1v) is 6.61. The molecule has 122 valence electrons. The van der Waals surface area contributed by atoms with Crippen LogP contribution >= 0.6 is 0 Å². The first-order valence-electron chi connectivity index (χ1n) is 6.61. The molecule has 0 aromatic carbocycles. The molecular formula is C13H16F3N3O3. The summed E-state index contributed by atoms with van der Waals surface area (Å²) in [6.45, 7) is 3.32. The van der Waals surface area contributed by atoms with Crippen molar-refractivity contribution in [2.45, 2.75) is 32.0 Å². The topological polar surface area (TPSA) is 75.4 Å². The van der Waals surface area contributed by atoms with Gasteiger partial charge in [0.15, 0.2) is 0 Å². The van der Waals surface area contributed by atoms with Gasteiger partial charge < -0.3 is 14.7 Å².